The number of hydrogen-bond donors (Lipinski definition) is 2. The highest BCUT2D eigenvalue weighted by Crippen LogP contribution is 2.49. The van der Waals surface area contributed by atoms with Crippen LogP contribution in [0.25, 0.3) is 22.2 Å². The second-order valence-corrected chi connectivity index (χ2v) is 12.8. The van der Waals surface area contributed by atoms with Crippen molar-refractivity contribution in [2.45, 2.75) is 74.9 Å². The van der Waals surface area contributed by atoms with Crippen molar-refractivity contribution in [2.75, 3.05) is 37.7 Å². The zero-order chi connectivity index (χ0) is 27.0. The highest BCUT2D eigenvalue weighted by molar-refractivity contribution is 6.32. The zero-order valence-electron chi connectivity index (χ0n) is 22.5. The molecule has 40 heavy (non-hydrogen) atoms. The summed E-state index contributed by atoms with van der Waals surface area (Å²) in [6, 6.07) is 3.98. The molecule has 5 saturated heterocycles. The van der Waals surface area contributed by atoms with Gasteiger partial charge in [0.15, 0.2) is 5.82 Å². The first-order valence-electron chi connectivity index (χ1n) is 14.8. The third-order valence-corrected chi connectivity index (χ3v) is 10.2. The van der Waals surface area contributed by atoms with Gasteiger partial charge in [0, 0.05) is 42.0 Å². The molecule has 2 aromatic heterocycles. The maximum atomic E-state index is 16.6. The van der Waals surface area contributed by atoms with Crippen LogP contribution >= 0.6 is 11.6 Å². The van der Waals surface area contributed by atoms with Crippen molar-refractivity contribution in [3.8, 4) is 23.0 Å². The molecule has 8 nitrogen and oxygen atoms in total. The molecule has 5 aliphatic heterocycles. The molecule has 1 saturated carbocycles. The monoisotopic (exact) mass is 564 g/mol. The summed E-state index contributed by atoms with van der Waals surface area (Å²) in [6.07, 6.45) is 10.4. The Morgan fingerprint density at radius 1 is 1.12 bits per heavy atom. The van der Waals surface area contributed by atoms with Gasteiger partial charge in [0.25, 0.3) is 0 Å². The van der Waals surface area contributed by atoms with Gasteiger partial charge >= 0.3 is 6.01 Å². The Morgan fingerprint density at radius 2 is 1.95 bits per heavy atom. The van der Waals surface area contributed by atoms with E-state index in [1.165, 1.54) is 18.9 Å². The molecule has 0 radical (unpaired) electrons. The van der Waals surface area contributed by atoms with Crippen molar-refractivity contribution in [3.05, 3.63) is 34.7 Å². The fourth-order valence-electron chi connectivity index (χ4n) is 7.71. The number of ether oxygens (including phenoxy) is 1. The van der Waals surface area contributed by atoms with Crippen LogP contribution in [0.5, 0.6) is 11.8 Å². The molecule has 9 rings (SSSR count). The lowest BCUT2D eigenvalue weighted by molar-refractivity contribution is 0.107. The van der Waals surface area contributed by atoms with Crippen LogP contribution in [0.4, 0.5) is 10.2 Å². The molecule has 0 spiro atoms. The molecule has 2 bridgehead atoms. The van der Waals surface area contributed by atoms with Crippen molar-refractivity contribution in [3.63, 3.8) is 0 Å². The second kappa shape index (κ2) is 9.39. The van der Waals surface area contributed by atoms with E-state index in [-0.39, 0.29) is 40.5 Å². The Kier molecular flexibility index (Phi) is 5.87. The average molecular weight is 565 g/mol. The number of phenolic OH excluding ortho intramolecular Hbond substituents is 1. The number of piperidine rings is 2. The summed E-state index contributed by atoms with van der Waals surface area (Å²) in [5.41, 5.74) is 1.76. The van der Waals surface area contributed by atoms with Crippen LogP contribution in [0.1, 0.15) is 62.8 Å². The molecule has 2 atom stereocenters. The van der Waals surface area contributed by atoms with Gasteiger partial charge < -0.3 is 20.1 Å². The Balaban J connectivity index is 1.25. The smallest absolute Gasteiger partial charge is 0.319 e. The van der Waals surface area contributed by atoms with Gasteiger partial charge in [-0.2, -0.15) is 9.97 Å². The minimum Gasteiger partial charge on any atom is -0.508 e. The molecule has 2 unspecified atom stereocenters. The first-order chi connectivity index (χ1) is 19.5. The molecule has 1 aliphatic carbocycles. The van der Waals surface area contributed by atoms with E-state index < -0.39 is 5.82 Å². The SMILES string of the molecule is Oc1cc(Cl)c(C2CC2)c(-c2ncc3c(N4CC5CCC4CN5)nc(OCC45CCCN4CCC5)nc3c2F)c1. The van der Waals surface area contributed by atoms with Gasteiger partial charge in [-0.3, -0.25) is 9.88 Å². The maximum Gasteiger partial charge on any atom is 0.319 e. The number of phenols is 1. The number of halogens is 2. The lowest BCUT2D eigenvalue weighted by Crippen LogP contribution is -2.61. The quantitative estimate of drug-likeness (QED) is 0.432. The van der Waals surface area contributed by atoms with Gasteiger partial charge in [0.2, 0.25) is 0 Å². The van der Waals surface area contributed by atoms with E-state index in [0.717, 1.165) is 70.3 Å². The Morgan fingerprint density at radius 3 is 2.65 bits per heavy atom. The lowest BCUT2D eigenvalue weighted by Gasteiger charge is -2.46. The number of rotatable bonds is 6. The van der Waals surface area contributed by atoms with E-state index in [2.05, 4.69) is 25.1 Å². The van der Waals surface area contributed by atoms with E-state index in [1.807, 2.05) is 0 Å². The third kappa shape index (κ3) is 4.03. The van der Waals surface area contributed by atoms with Gasteiger partial charge in [-0.15, -0.1) is 0 Å². The first kappa shape index (κ1) is 25.0. The van der Waals surface area contributed by atoms with E-state index >= 15 is 4.39 Å². The van der Waals surface area contributed by atoms with Crippen molar-refractivity contribution >= 4 is 28.3 Å². The molecule has 3 aromatic rings. The minimum atomic E-state index is -0.531. The summed E-state index contributed by atoms with van der Waals surface area (Å²) in [7, 11) is 0. The Labute approximate surface area is 237 Å². The largest absolute Gasteiger partial charge is 0.508 e. The molecule has 210 valence electrons. The predicted molar refractivity (Wildman–Crippen MR) is 152 cm³/mol. The molecule has 6 aliphatic rings. The van der Waals surface area contributed by atoms with Crippen LogP contribution in [-0.2, 0) is 0 Å². The van der Waals surface area contributed by atoms with Gasteiger partial charge in [0.1, 0.15) is 29.4 Å². The number of anilines is 1. The van der Waals surface area contributed by atoms with Crippen LogP contribution in [0.3, 0.4) is 0 Å². The van der Waals surface area contributed by atoms with Gasteiger partial charge in [0.05, 0.1) is 10.9 Å². The Hall–Kier alpha value is -2.75. The number of hydrogen-bond acceptors (Lipinski definition) is 8. The summed E-state index contributed by atoms with van der Waals surface area (Å²) in [5.74, 6) is 0.400. The van der Waals surface area contributed by atoms with Crippen LogP contribution < -0.4 is 15.0 Å². The zero-order valence-corrected chi connectivity index (χ0v) is 23.3. The fraction of sp³-hybridized carbons (Fsp3) is 0.567. The van der Waals surface area contributed by atoms with Crippen molar-refractivity contribution in [1.82, 2.24) is 25.2 Å². The number of nitrogens with zero attached hydrogens (tertiary/aromatic N) is 5. The van der Waals surface area contributed by atoms with Gasteiger partial charge in [-0.25, -0.2) is 4.39 Å². The predicted octanol–water partition coefficient (Wildman–Crippen LogP) is 5.02. The molecule has 10 heteroatoms. The molecule has 1 aromatic carbocycles. The number of pyridine rings is 1. The summed E-state index contributed by atoms with van der Waals surface area (Å²) < 4.78 is 23.0. The Bertz CT molecular complexity index is 1480. The lowest BCUT2D eigenvalue weighted by atomic mass is 9.93. The second-order valence-electron chi connectivity index (χ2n) is 12.4. The summed E-state index contributed by atoms with van der Waals surface area (Å²) >= 11 is 6.55. The summed E-state index contributed by atoms with van der Waals surface area (Å²) in [4.78, 5) is 19.0. The van der Waals surface area contributed by atoms with Crippen LogP contribution in [0.2, 0.25) is 5.02 Å². The highest BCUT2D eigenvalue weighted by Gasteiger charge is 2.45. The van der Waals surface area contributed by atoms with Crippen molar-refractivity contribution in [2.24, 2.45) is 0 Å². The fourth-order valence-corrected chi connectivity index (χ4v) is 8.08. The summed E-state index contributed by atoms with van der Waals surface area (Å²) in [6.45, 7) is 4.42. The number of fused-ring (bicyclic) bond motifs is 5. The van der Waals surface area contributed by atoms with E-state index in [9.17, 15) is 5.11 Å². The van der Waals surface area contributed by atoms with Crippen LogP contribution in [0, 0.1) is 5.82 Å². The van der Waals surface area contributed by atoms with Crippen LogP contribution in [0.15, 0.2) is 18.3 Å². The van der Waals surface area contributed by atoms with E-state index in [4.69, 9.17) is 21.3 Å². The molecular weight excluding hydrogens is 531 g/mol. The van der Waals surface area contributed by atoms with Gasteiger partial charge in [-0.05, 0) is 88.1 Å². The minimum absolute atomic E-state index is 0.00752. The normalized spacial score (nSPS) is 25.6. The maximum absolute atomic E-state index is 16.6. The first-order valence-corrected chi connectivity index (χ1v) is 15.1. The van der Waals surface area contributed by atoms with Crippen molar-refractivity contribution in [1.29, 1.82) is 0 Å². The van der Waals surface area contributed by atoms with Crippen molar-refractivity contribution < 1.29 is 14.2 Å². The molecular formula is C30H34ClFN6O2. The molecule has 0 amide bonds. The average Bonchev–Trinajstić information content (AvgIpc) is 3.59. The standard InChI is InChI=1S/C30H34ClFN6O2/c31-23-12-20(39)11-21(24(23)17-3-4-17)26-25(32)27-22(14-34-26)28(38-15-18-5-6-19(38)13-33-18)36-29(35-27)40-16-30-7-1-9-37(30)10-2-8-30/h11-12,14,17-19,33,39H,1-10,13,15-16H2. The molecule has 7 heterocycles. The molecule has 6 fully saturated rings. The van der Waals surface area contributed by atoms with E-state index in [1.54, 1.807) is 12.3 Å². The molecule has 2 N–H and O–H groups in total. The van der Waals surface area contributed by atoms with Gasteiger partial charge in [-0.1, -0.05) is 11.6 Å². The number of benzene rings is 1. The summed E-state index contributed by atoms with van der Waals surface area (Å²) in [5, 5.41) is 15.0. The topological polar surface area (TPSA) is 86.6 Å². The number of aromatic nitrogens is 3. The van der Waals surface area contributed by atoms with E-state index in [0.29, 0.717) is 34.4 Å². The highest BCUT2D eigenvalue weighted by atomic mass is 35.5. The number of nitrogens with one attached hydrogen (secondary N) is 1. The number of piperazine rings is 1. The third-order valence-electron chi connectivity index (χ3n) is 9.90. The number of aromatic hydroxyl groups is 1. The van der Waals surface area contributed by atoms with Crippen LogP contribution in [-0.4, -0.2) is 75.4 Å².